The Labute approximate surface area is 183 Å². The largest absolute Gasteiger partial charge is 0.480 e. The number of carboxylic acids is 1. The van der Waals surface area contributed by atoms with E-state index in [9.17, 15) is 14.4 Å². The van der Waals surface area contributed by atoms with Gasteiger partial charge < -0.3 is 20.5 Å². The lowest BCUT2D eigenvalue weighted by molar-refractivity contribution is -0.138. The average Bonchev–Trinajstić information content (AvgIpc) is 3.36. The minimum Gasteiger partial charge on any atom is -0.480 e. The molecule has 3 N–H and O–H groups in total. The van der Waals surface area contributed by atoms with E-state index in [1.54, 1.807) is 0 Å². The molecule has 0 saturated heterocycles. The van der Waals surface area contributed by atoms with E-state index < -0.39 is 18.0 Å². The number of fused-ring (bicyclic) bond motifs is 3. The lowest BCUT2D eigenvalue weighted by Crippen LogP contribution is -2.37. The zero-order chi connectivity index (χ0) is 22.5. The molecule has 164 valence electrons. The van der Waals surface area contributed by atoms with E-state index in [2.05, 4.69) is 33.1 Å². The van der Waals surface area contributed by atoms with Gasteiger partial charge in [0.2, 0.25) is 5.91 Å². The van der Waals surface area contributed by atoms with Crippen LogP contribution in [-0.2, 0) is 27.4 Å². The predicted octanol–water partition coefficient (Wildman–Crippen LogP) is 1.52. The number of aliphatic carboxylic acids is 1. The van der Waals surface area contributed by atoms with E-state index in [1.165, 1.54) is 6.20 Å². The lowest BCUT2D eigenvalue weighted by atomic mass is 9.98. The summed E-state index contributed by atoms with van der Waals surface area (Å²) in [5, 5.41) is 21.1. The fourth-order valence-electron chi connectivity index (χ4n) is 3.69. The summed E-state index contributed by atoms with van der Waals surface area (Å²) in [4.78, 5) is 34.7. The maximum absolute atomic E-state index is 12.1. The monoisotopic (exact) mass is 435 g/mol. The molecule has 10 heteroatoms. The molecule has 1 aliphatic rings. The maximum atomic E-state index is 12.1. The average molecular weight is 435 g/mol. The summed E-state index contributed by atoms with van der Waals surface area (Å²) < 4.78 is 6.53. The van der Waals surface area contributed by atoms with Crippen molar-refractivity contribution in [2.75, 3.05) is 13.2 Å². The van der Waals surface area contributed by atoms with Crippen molar-refractivity contribution in [3.8, 4) is 11.1 Å². The third-order valence-electron chi connectivity index (χ3n) is 5.09. The van der Waals surface area contributed by atoms with Gasteiger partial charge in [0.05, 0.1) is 12.7 Å². The van der Waals surface area contributed by atoms with Gasteiger partial charge in [-0.25, -0.2) is 9.48 Å². The van der Waals surface area contributed by atoms with Gasteiger partial charge in [0.15, 0.2) is 0 Å². The van der Waals surface area contributed by atoms with Gasteiger partial charge >= 0.3 is 12.1 Å². The maximum Gasteiger partial charge on any atom is 0.407 e. The normalized spacial score (nSPS) is 12.0. The Balaban J connectivity index is 1.24. The van der Waals surface area contributed by atoms with Crippen LogP contribution >= 0.6 is 0 Å². The number of nitrogens with zero attached hydrogens (tertiary/aromatic N) is 3. The Hall–Kier alpha value is -4.21. The highest BCUT2D eigenvalue weighted by atomic mass is 16.5. The van der Waals surface area contributed by atoms with Crippen molar-refractivity contribution >= 4 is 18.0 Å². The van der Waals surface area contributed by atoms with Crippen LogP contribution in [-0.4, -0.2) is 51.2 Å². The molecule has 0 saturated carbocycles. The molecule has 32 heavy (non-hydrogen) atoms. The molecular weight excluding hydrogens is 414 g/mol. The highest BCUT2D eigenvalue weighted by Crippen LogP contribution is 2.44. The molecule has 0 atom stereocenters. The van der Waals surface area contributed by atoms with Gasteiger partial charge in [0.1, 0.15) is 25.4 Å². The summed E-state index contributed by atoms with van der Waals surface area (Å²) in [5.74, 6) is -1.54. The summed E-state index contributed by atoms with van der Waals surface area (Å²) in [6.07, 6.45) is 0.738. The molecular formula is C22H21N5O5. The fourth-order valence-corrected chi connectivity index (χ4v) is 3.69. The second-order valence-corrected chi connectivity index (χ2v) is 7.26. The van der Waals surface area contributed by atoms with E-state index >= 15 is 0 Å². The molecule has 0 radical (unpaired) electrons. The molecule has 10 nitrogen and oxygen atoms in total. The van der Waals surface area contributed by atoms with Gasteiger partial charge in [-0.05, 0) is 22.3 Å². The van der Waals surface area contributed by atoms with Crippen molar-refractivity contribution in [3.63, 3.8) is 0 Å². The van der Waals surface area contributed by atoms with Gasteiger partial charge in [-0.2, -0.15) is 0 Å². The van der Waals surface area contributed by atoms with E-state index in [0.29, 0.717) is 5.69 Å². The van der Waals surface area contributed by atoms with Crippen LogP contribution in [0.1, 0.15) is 22.7 Å². The molecule has 2 amide bonds. The zero-order valence-electron chi connectivity index (χ0n) is 17.0. The number of benzene rings is 2. The van der Waals surface area contributed by atoms with Crippen LogP contribution in [0.15, 0.2) is 54.7 Å². The van der Waals surface area contributed by atoms with E-state index in [1.807, 2.05) is 36.4 Å². The summed E-state index contributed by atoms with van der Waals surface area (Å²) >= 11 is 0. The third kappa shape index (κ3) is 4.75. The highest BCUT2D eigenvalue weighted by Gasteiger charge is 2.29. The van der Waals surface area contributed by atoms with Crippen LogP contribution in [0, 0.1) is 0 Å². The Morgan fingerprint density at radius 2 is 1.66 bits per heavy atom. The summed E-state index contributed by atoms with van der Waals surface area (Å²) in [6, 6.07) is 16.1. The number of carboxylic acid groups (broad SMARTS) is 1. The van der Waals surface area contributed by atoms with Crippen LogP contribution in [0.4, 0.5) is 4.79 Å². The molecule has 4 rings (SSSR count). The van der Waals surface area contributed by atoms with Crippen molar-refractivity contribution < 1.29 is 24.2 Å². The molecule has 0 spiro atoms. The molecule has 0 fully saturated rings. The first kappa shape index (κ1) is 21.0. The molecule has 2 aromatic carbocycles. The fraction of sp³-hybridized carbons (Fsp3) is 0.227. The van der Waals surface area contributed by atoms with Crippen LogP contribution < -0.4 is 10.6 Å². The van der Waals surface area contributed by atoms with Crippen molar-refractivity contribution in [2.24, 2.45) is 0 Å². The number of amides is 2. The van der Waals surface area contributed by atoms with Crippen molar-refractivity contribution in [2.45, 2.75) is 19.0 Å². The molecule has 1 heterocycles. The van der Waals surface area contributed by atoms with E-state index in [4.69, 9.17) is 9.84 Å². The topological polar surface area (TPSA) is 135 Å². The smallest absolute Gasteiger partial charge is 0.407 e. The van der Waals surface area contributed by atoms with E-state index in [0.717, 1.165) is 26.9 Å². The number of rotatable bonds is 8. The highest BCUT2D eigenvalue weighted by molar-refractivity contribution is 5.82. The van der Waals surface area contributed by atoms with Gasteiger partial charge in [0, 0.05) is 5.92 Å². The Kier molecular flexibility index (Phi) is 6.11. The minimum absolute atomic E-state index is 0.0598. The molecule has 0 aliphatic heterocycles. The predicted molar refractivity (Wildman–Crippen MR) is 113 cm³/mol. The number of hydrogen-bond acceptors (Lipinski definition) is 6. The molecule has 0 unspecified atom stereocenters. The van der Waals surface area contributed by atoms with E-state index in [-0.39, 0.29) is 32.2 Å². The standard InChI is InChI=1S/C22H21N5O5/c28-20(23-9-14-11-27(26-25-14)12-21(29)30)10-24-22(31)32-13-19-17-7-3-1-5-15(17)16-6-2-4-8-18(16)19/h1-8,11,19H,9-10,12-13H2,(H,23,28)(H,24,31)(H,29,30). The Morgan fingerprint density at radius 1 is 1.00 bits per heavy atom. The number of hydrogen-bond donors (Lipinski definition) is 3. The summed E-state index contributed by atoms with van der Waals surface area (Å²) in [5.41, 5.74) is 4.89. The Morgan fingerprint density at radius 3 is 2.31 bits per heavy atom. The van der Waals surface area contributed by atoms with Gasteiger partial charge in [-0.3, -0.25) is 9.59 Å². The summed E-state index contributed by atoms with van der Waals surface area (Å²) in [6.45, 7) is -0.358. The lowest BCUT2D eigenvalue weighted by Gasteiger charge is -2.14. The number of carbonyl (C=O) groups is 3. The zero-order valence-corrected chi connectivity index (χ0v) is 17.0. The molecule has 1 aromatic heterocycles. The van der Waals surface area contributed by atoms with Crippen molar-refractivity contribution in [1.29, 1.82) is 0 Å². The molecule has 3 aromatic rings. The van der Waals surface area contributed by atoms with Crippen molar-refractivity contribution in [3.05, 3.63) is 71.5 Å². The molecule has 0 bridgehead atoms. The van der Waals surface area contributed by atoms with Crippen LogP contribution in [0.2, 0.25) is 0 Å². The molecule has 1 aliphatic carbocycles. The number of nitrogens with one attached hydrogen (secondary N) is 2. The second kappa shape index (κ2) is 9.29. The van der Waals surface area contributed by atoms with Crippen LogP contribution in [0.25, 0.3) is 11.1 Å². The number of ether oxygens (including phenoxy) is 1. The van der Waals surface area contributed by atoms with Crippen LogP contribution in [0.5, 0.6) is 0 Å². The third-order valence-corrected chi connectivity index (χ3v) is 5.09. The summed E-state index contributed by atoms with van der Waals surface area (Å²) in [7, 11) is 0. The SMILES string of the molecule is O=C(O)Cn1cc(CNC(=O)CNC(=O)OCC2c3ccccc3-c3ccccc32)nn1. The van der Waals surface area contributed by atoms with Gasteiger partial charge in [0.25, 0.3) is 0 Å². The first-order chi connectivity index (χ1) is 15.5. The first-order valence-electron chi connectivity index (χ1n) is 9.97. The minimum atomic E-state index is -1.04. The van der Waals surface area contributed by atoms with Crippen molar-refractivity contribution in [1.82, 2.24) is 25.6 Å². The number of alkyl carbamates (subject to hydrolysis) is 1. The number of aromatic nitrogens is 3. The van der Waals surface area contributed by atoms with Gasteiger partial charge in [-0.1, -0.05) is 53.7 Å². The van der Waals surface area contributed by atoms with Gasteiger partial charge in [-0.15, -0.1) is 5.10 Å². The first-order valence-corrected chi connectivity index (χ1v) is 9.97. The Bertz CT molecular complexity index is 1110. The van der Waals surface area contributed by atoms with Crippen LogP contribution in [0.3, 0.4) is 0 Å². The number of carbonyl (C=O) groups excluding carboxylic acids is 2. The quantitative estimate of drug-likeness (QED) is 0.488. The second-order valence-electron chi connectivity index (χ2n) is 7.26.